The van der Waals surface area contributed by atoms with Crippen molar-refractivity contribution in [2.45, 2.75) is 6.54 Å². The lowest BCUT2D eigenvalue weighted by Crippen LogP contribution is -2.28. The number of hydrogen-bond donors (Lipinski definition) is 3. The number of nitrogens with one attached hydrogen (secondary N) is 3. The minimum atomic E-state index is -0.338. The number of urea groups is 1. The molecule has 0 fully saturated rings. The van der Waals surface area contributed by atoms with Gasteiger partial charge in [-0.2, -0.15) is 4.80 Å². The molecule has 1 heterocycles. The highest BCUT2D eigenvalue weighted by Crippen LogP contribution is 2.17. The van der Waals surface area contributed by atoms with Gasteiger partial charge in [0.1, 0.15) is 6.54 Å². The zero-order chi connectivity index (χ0) is 20.6. The smallest absolute Gasteiger partial charge is 0.319 e. The molecular formula is C19H18ClN7O2. The van der Waals surface area contributed by atoms with Gasteiger partial charge in [-0.25, -0.2) is 4.79 Å². The Bertz CT molecular complexity index is 1000. The van der Waals surface area contributed by atoms with Crippen molar-refractivity contribution in [3.05, 3.63) is 66.2 Å². The third-order valence-corrected chi connectivity index (χ3v) is 3.93. The quantitative estimate of drug-likeness (QED) is 0.517. The summed E-state index contributed by atoms with van der Waals surface area (Å²) >= 11 is 5.86. The van der Waals surface area contributed by atoms with Crippen LogP contribution in [0.3, 0.4) is 0 Å². The number of carbonyl (C=O) groups excluding carboxylic acids is 2. The summed E-state index contributed by atoms with van der Waals surface area (Å²) < 4.78 is 0. The van der Waals surface area contributed by atoms with Gasteiger partial charge >= 0.3 is 6.03 Å². The van der Waals surface area contributed by atoms with E-state index in [1.807, 2.05) is 0 Å². The maximum absolute atomic E-state index is 12.2. The first-order valence-electron chi connectivity index (χ1n) is 8.63. The molecule has 2 aromatic carbocycles. The van der Waals surface area contributed by atoms with E-state index in [-0.39, 0.29) is 18.5 Å². The Balaban J connectivity index is 1.53. The average molecular weight is 412 g/mol. The van der Waals surface area contributed by atoms with Crippen LogP contribution >= 0.6 is 11.6 Å². The molecule has 0 saturated heterocycles. The molecule has 3 N–H and O–H groups in total. The fraction of sp³-hybridized carbons (Fsp3) is 0.105. The second-order valence-corrected chi connectivity index (χ2v) is 6.34. The van der Waals surface area contributed by atoms with E-state index in [0.29, 0.717) is 28.8 Å². The van der Waals surface area contributed by atoms with Gasteiger partial charge in [0.15, 0.2) is 0 Å². The van der Waals surface area contributed by atoms with Gasteiger partial charge in [0.05, 0.1) is 0 Å². The molecule has 0 unspecified atom stereocenters. The number of hydrogen-bond acceptors (Lipinski definition) is 5. The van der Waals surface area contributed by atoms with E-state index in [2.05, 4.69) is 37.9 Å². The van der Waals surface area contributed by atoms with Crippen LogP contribution < -0.4 is 16.0 Å². The van der Waals surface area contributed by atoms with E-state index in [4.69, 9.17) is 11.6 Å². The van der Waals surface area contributed by atoms with E-state index in [9.17, 15) is 9.59 Å². The molecular weight excluding hydrogens is 394 g/mol. The highest BCUT2D eigenvalue weighted by atomic mass is 35.5. The molecule has 3 rings (SSSR count). The summed E-state index contributed by atoms with van der Waals surface area (Å²) in [5.74, 6) is 0.0918. The van der Waals surface area contributed by atoms with Crippen molar-refractivity contribution < 1.29 is 9.59 Å². The van der Waals surface area contributed by atoms with Crippen LogP contribution in [-0.2, 0) is 11.3 Å². The lowest BCUT2D eigenvalue weighted by molar-refractivity contribution is -0.117. The first-order valence-corrected chi connectivity index (χ1v) is 9.00. The fourth-order valence-electron chi connectivity index (χ4n) is 2.33. The van der Waals surface area contributed by atoms with Gasteiger partial charge in [0.2, 0.25) is 11.7 Å². The highest BCUT2D eigenvalue weighted by molar-refractivity contribution is 6.30. The first kappa shape index (κ1) is 20.0. The van der Waals surface area contributed by atoms with Crippen LogP contribution in [0.1, 0.15) is 0 Å². The number of amides is 3. The SMILES string of the molecule is C=CCNC(=O)Nc1ccc(NC(=O)Cn2nnc(-c3ccc(Cl)cc3)n2)cc1. The number of tetrazole rings is 1. The van der Waals surface area contributed by atoms with Crippen LogP contribution in [-0.4, -0.2) is 38.7 Å². The second-order valence-electron chi connectivity index (χ2n) is 5.90. The van der Waals surface area contributed by atoms with Gasteiger partial charge in [-0.3, -0.25) is 4.79 Å². The molecule has 29 heavy (non-hydrogen) atoms. The Morgan fingerprint density at radius 2 is 1.69 bits per heavy atom. The first-order chi connectivity index (χ1) is 14.0. The van der Waals surface area contributed by atoms with Gasteiger partial charge in [0, 0.05) is 28.5 Å². The topological polar surface area (TPSA) is 114 Å². The molecule has 9 nitrogen and oxygen atoms in total. The lowest BCUT2D eigenvalue weighted by atomic mass is 10.2. The van der Waals surface area contributed by atoms with E-state index in [0.717, 1.165) is 5.56 Å². The largest absolute Gasteiger partial charge is 0.334 e. The summed E-state index contributed by atoms with van der Waals surface area (Å²) in [5.41, 5.74) is 1.92. The third-order valence-electron chi connectivity index (χ3n) is 3.67. The Kier molecular flexibility index (Phi) is 6.54. The molecule has 148 valence electrons. The third kappa shape index (κ3) is 5.88. The number of halogens is 1. The summed E-state index contributed by atoms with van der Waals surface area (Å²) in [5, 5.41) is 20.6. The predicted molar refractivity (Wildman–Crippen MR) is 111 cm³/mol. The second kappa shape index (κ2) is 9.47. The van der Waals surface area contributed by atoms with E-state index in [1.54, 1.807) is 54.6 Å². The van der Waals surface area contributed by atoms with Gasteiger partial charge in [-0.05, 0) is 53.7 Å². The van der Waals surface area contributed by atoms with E-state index >= 15 is 0 Å². The fourth-order valence-corrected chi connectivity index (χ4v) is 2.46. The number of nitrogens with zero attached hydrogens (tertiary/aromatic N) is 4. The van der Waals surface area contributed by atoms with E-state index < -0.39 is 0 Å². The van der Waals surface area contributed by atoms with Crippen LogP contribution in [0.4, 0.5) is 16.2 Å². The average Bonchev–Trinajstić information content (AvgIpc) is 3.16. The number of aromatic nitrogens is 4. The molecule has 10 heteroatoms. The Hall–Kier alpha value is -3.72. The minimum absolute atomic E-state index is 0.0927. The molecule has 0 spiro atoms. The molecule has 0 bridgehead atoms. The van der Waals surface area contributed by atoms with Crippen LogP contribution in [0.15, 0.2) is 61.2 Å². The lowest BCUT2D eigenvalue weighted by Gasteiger charge is -2.08. The molecule has 0 radical (unpaired) electrons. The van der Waals surface area contributed by atoms with Crippen molar-refractivity contribution in [2.75, 3.05) is 17.2 Å². The molecule has 0 atom stereocenters. The van der Waals surface area contributed by atoms with Crippen molar-refractivity contribution >= 4 is 34.9 Å². The van der Waals surface area contributed by atoms with Crippen molar-refractivity contribution in [2.24, 2.45) is 0 Å². The molecule has 0 saturated carbocycles. The van der Waals surface area contributed by atoms with Crippen molar-refractivity contribution in [3.8, 4) is 11.4 Å². The Morgan fingerprint density at radius 3 is 2.34 bits per heavy atom. The molecule has 0 aliphatic heterocycles. The summed E-state index contributed by atoms with van der Waals surface area (Å²) in [7, 11) is 0. The van der Waals surface area contributed by atoms with Gasteiger partial charge in [-0.1, -0.05) is 17.7 Å². The molecule has 0 aliphatic rings. The van der Waals surface area contributed by atoms with Crippen molar-refractivity contribution in [1.82, 2.24) is 25.5 Å². The summed E-state index contributed by atoms with van der Waals surface area (Å²) in [4.78, 5) is 25.0. The van der Waals surface area contributed by atoms with Crippen LogP contribution in [0.2, 0.25) is 5.02 Å². The molecule has 3 amide bonds. The Morgan fingerprint density at radius 1 is 1.03 bits per heavy atom. The zero-order valence-electron chi connectivity index (χ0n) is 15.3. The van der Waals surface area contributed by atoms with Gasteiger partial charge in [-0.15, -0.1) is 16.8 Å². The minimum Gasteiger partial charge on any atom is -0.334 e. The van der Waals surface area contributed by atoms with E-state index in [1.165, 1.54) is 4.80 Å². The van der Waals surface area contributed by atoms with Crippen molar-refractivity contribution in [1.29, 1.82) is 0 Å². The van der Waals surface area contributed by atoms with Crippen LogP contribution in [0.25, 0.3) is 11.4 Å². The standard InChI is InChI=1S/C19H18ClN7O2/c1-2-11-21-19(29)23-16-9-7-15(8-10-16)22-17(28)12-27-25-18(24-26-27)13-3-5-14(20)6-4-13/h2-10H,1,11-12H2,(H,22,28)(H2,21,23,29). The van der Waals surface area contributed by atoms with Crippen LogP contribution in [0, 0.1) is 0 Å². The normalized spacial score (nSPS) is 10.2. The number of anilines is 2. The highest BCUT2D eigenvalue weighted by Gasteiger charge is 2.10. The predicted octanol–water partition coefficient (Wildman–Crippen LogP) is 2.94. The van der Waals surface area contributed by atoms with Gasteiger partial charge in [0.25, 0.3) is 0 Å². The summed E-state index contributed by atoms with van der Waals surface area (Å²) in [6.45, 7) is 3.80. The zero-order valence-corrected chi connectivity index (χ0v) is 16.1. The summed E-state index contributed by atoms with van der Waals surface area (Å²) in [6.07, 6.45) is 1.58. The van der Waals surface area contributed by atoms with Crippen LogP contribution in [0.5, 0.6) is 0 Å². The maximum atomic E-state index is 12.2. The molecule has 1 aromatic heterocycles. The summed E-state index contributed by atoms with van der Waals surface area (Å²) in [6, 6.07) is 13.4. The molecule has 3 aromatic rings. The number of rotatable bonds is 7. The number of carbonyl (C=O) groups is 2. The van der Waals surface area contributed by atoms with Gasteiger partial charge < -0.3 is 16.0 Å². The maximum Gasteiger partial charge on any atom is 0.319 e. The Labute approximate surface area is 171 Å². The molecule has 0 aliphatic carbocycles. The number of benzene rings is 2. The monoisotopic (exact) mass is 411 g/mol. The van der Waals surface area contributed by atoms with Crippen molar-refractivity contribution in [3.63, 3.8) is 0 Å².